The van der Waals surface area contributed by atoms with Gasteiger partial charge in [-0.25, -0.2) is 0 Å². The van der Waals surface area contributed by atoms with Gasteiger partial charge >= 0.3 is 0 Å². The average molecular weight is 177 g/mol. The minimum atomic E-state index is 0.772. The van der Waals surface area contributed by atoms with Gasteiger partial charge in [-0.3, -0.25) is 0 Å². The summed E-state index contributed by atoms with van der Waals surface area (Å²) in [4.78, 5) is 0. The quantitative estimate of drug-likeness (QED) is 0.716. The van der Waals surface area contributed by atoms with Crippen molar-refractivity contribution in [1.82, 2.24) is 10.2 Å². The van der Waals surface area contributed by atoms with Gasteiger partial charge < -0.3 is 5.32 Å². The highest BCUT2D eigenvalue weighted by Crippen LogP contribution is 2.04. The number of aromatic nitrogens is 2. The van der Waals surface area contributed by atoms with E-state index in [0.717, 1.165) is 24.3 Å². The van der Waals surface area contributed by atoms with E-state index in [9.17, 15) is 0 Å². The molecule has 0 aliphatic carbocycles. The maximum absolute atomic E-state index is 3.94. The Balaban J connectivity index is 2.50. The van der Waals surface area contributed by atoms with Gasteiger partial charge in [-0.1, -0.05) is 19.1 Å². The molecule has 0 aromatic carbocycles. The zero-order chi connectivity index (χ0) is 9.68. The van der Waals surface area contributed by atoms with Gasteiger partial charge in [0.2, 0.25) is 0 Å². The summed E-state index contributed by atoms with van der Waals surface area (Å²) < 4.78 is 0. The molecule has 1 N–H and O–H groups in total. The van der Waals surface area contributed by atoms with E-state index in [1.54, 1.807) is 6.20 Å². The molecule has 0 radical (unpaired) electrons. The lowest BCUT2D eigenvalue weighted by molar-refractivity contribution is 0.983. The molecular weight excluding hydrogens is 162 g/mol. The molecule has 0 fully saturated rings. The number of rotatable bonds is 4. The molecule has 0 spiro atoms. The summed E-state index contributed by atoms with van der Waals surface area (Å²) in [5.74, 6) is 0.814. The second-order valence-electron chi connectivity index (χ2n) is 3.08. The van der Waals surface area contributed by atoms with Gasteiger partial charge in [-0.2, -0.15) is 5.10 Å². The largest absolute Gasteiger partial charge is 0.365 e. The van der Waals surface area contributed by atoms with Crippen molar-refractivity contribution in [3.63, 3.8) is 0 Å². The smallest absolute Gasteiger partial charge is 0.149 e. The summed E-state index contributed by atoms with van der Waals surface area (Å²) in [7, 11) is 0. The maximum atomic E-state index is 3.94. The van der Waals surface area contributed by atoms with Crippen molar-refractivity contribution in [2.75, 3.05) is 11.9 Å². The highest BCUT2D eigenvalue weighted by atomic mass is 15.2. The molecular formula is C10H15N3. The minimum Gasteiger partial charge on any atom is -0.365 e. The van der Waals surface area contributed by atoms with Crippen LogP contribution >= 0.6 is 0 Å². The van der Waals surface area contributed by atoms with E-state index < -0.39 is 0 Å². The normalized spacial score (nSPS) is 9.69. The SMILES string of the molecule is C=C(CC)CNc1cc(C)cnn1. The van der Waals surface area contributed by atoms with Crippen LogP contribution in [0.2, 0.25) is 0 Å². The Morgan fingerprint density at radius 1 is 1.62 bits per heavy atom. The average Bonchev–Trinajstić information content (AvgIpc) is 2.14. The van der Waals surface area contributed by atoms with Gasteiger partial charge in [-0.05, 0) is 25.0 Å². The topological polar surface area (TPSA) is 37.8 Å². The highest BCUT2D eigenvalue weighted by molar-refractivity contribution is 5.36. The molecule has 3 nitrogen and oxygen atoms in total. The molecule has 0 amide bonds. The molecule has 70 valence electrons. The first-order valence-corrected chi connectivity index (χ1v) is 4.42. The van der Waals surface area contributed by atoms with Crippen LogP contribution in [0.25, 0.3) is 0 Å². The van der Waals surface area contributed by atoms with Crippen molar-refractivity contribution in [1.29, 1.82) is 0 Å². The van der Waals surface area contributed by atoms with Crippen LogP contribution in [0.5, 0.6) is 0 Å². The molecule has 0 saturated carbocycles. The summed E-state index contributed by atoms with van der Waals surface area (Å²) in [6.45, 7) is 8.76. The van der Waals surface area contributed by atoms with Gasteiger partial charge in [-0.15, -0.1) is 5.10 Å². The first kappa shape index (κ1) is 9.71. The second-order valence-corrected chi connectivity index (χ2v) is 3.08. The van der Waals surface area contributed by atoms with Crippen LogP contribution in [0, 0.1) is 6.92 Å². The number of nitrogens with zero attached hydrogens (tertiary/aromatic N) is 2. The lowest BCUT2D eigenvalue weighted by Gasteiger charge is -2.05. The molecule has 13 heavy (non-hydrogen) atoms. The molecule has 0 aliphatic rings. The Hall–Kier alpha value is -1.38. The molecule has 1 aromatic heterocycles. The van der Waals surface area contributed by atoms with Crippen LogP contribution < -0.4 is 5.32 Å². The Kier molecular flexibility index (Phi) is 3.43. The third-order valence-corrected chi connectivity index (χ3v) is 1.81. The molecule has 0 atom stereocenters. The molecule has 1 rings (SSSR count). The van der Waals surface area contributed by atoms with Crippen molar-refractivity contribution in [2.24, 2.45) is 0 Å². The first-order valence-electron chi connectivity index (χ1n) is 4.42. The van der Waals surface area contributed by atoms with Crippen molar-refractivity contribution in [2.45, 2.75) is 20.3 Å². The van der Waals surface area contributed by atoms with Gasteiger partial charge in [0.25, 0.3) is 0 Å². The van der Waals surface area contributed by atoms with E-state index in [4.69, 9.17) is 0 Å². The predicted octanol–water partition coefficient (Wildman–Crippen LogP) is 2.16. The van der Waals surface area contributed by atoms with Crippen LogP contribution in [-0.4, -0.2) is 16.7 Å². The Labute approximate surface area is 78.9 Å². The van der Waals surface area contributed by atoms with Crippen LogP contribution in [-0.2, 0) is 0 Å². The Morgan fingerprint density at radius 3 is 3.00 bits per heavy atom. The second kappa shape index (κ2) is 4.60. The van der Waals surface area contributed by atoms with Crippen LogP contribution in [0.3, 0.4) is 0 Å². The summed E-state index contributed by atoms with van der Waals surface area (Å²) >= 11 is 0. The predicted molar refractivity (Wildman–Crippen MR) is 54.7 cm³/mol. The van der Waals surface area contributed by atoms with E-state index >= 15 is 0 Å². The molecule has 0 saturated heterocycles. The summed E-state index contributed by atoms with van der Waals surface area (Å²) in [5.41, 5.74) is 2.28. The van der Waals surface area contributed by atoms with Crippen molar-refractivity contribution >= 4 is 5.82 Å². The summed E-state index contributed by atoms with van der Waals surface area (Å²) in [6.07, 6.45) is 2.73. The van der Waals surface area contributed by atoms with E-state index in [1.807, 2.05) is 13.0 Å². The van der Waals surface area contributed by atoms with Gasteiger partial charge in [0.15, 0.2) is 0 Å². The standard InChI is InChI=1S/C10H15N3/c1-4-8(2)6-11-10-5-9(3)7-12-13-10/h5,7H,2,4,6H2,1,3H3,(H,11,13). The number of nitrogens with one attached hydrogen (secondary N) is 1. The Bertz CT molecular complexity index is 294. The number of hydrogen-bond donors (Lipinski definition) is 1. The lowest BCUT2D eigenvalue weighted by atomic mass is 10.2. The summed E-state index contributed by atoms with van der Waals surface area (Å²) in [6, 6.07) is 1.97. The van der Waals surface area contributed by atoms with Crippen LogP contribution in [0.4, 0.5) is 5.82 Å². The molecule has 1 aromatic rings. The number of anilines is 1. The fourth-order valence-electron chi connectivity index (χ4n) is 0.891. The molecule has 0 bridgehead atoms. The fraction of sp³-hybridized carbons (Fsp3) is 0.400. The lowest BCUT2D eigenvalue weighted by Crippen LogP contribution is -2.05. The monoisotopic (exact) mass is 177 g/mol. The van der Waals surface area contributed by atoms with Crippen molar-refractivity contribution < 1.29 is 0 Å². The van der Waals surface area contributed by atoms with Gasteiger partial charge in [0.05, 0.1) is 6.20 Å². The number of aryl methyl sites for hydroxylation is 1. The maximum Gasteiger partial charge on any atom is 0.149 e. The third kappa shape index (κ3) is 3.23. The first-order chi connectivity index (χ1) is 6.22. The van der Waals surface area contributed by atoms with Gasteiger partial charge in [0, 0.05) is 6.54 Å². The zero-order valence-corrected chi connectivity index (χ0v) is 8.17. The van der Waals surface area contributed by atoms with Crippen molar-refractivity contribution in [3.05, 3.63) is 30.0 Å². The third-order valence-electron chi connectivity index (χ3n) is 1.81. The van der Waals surface area contributed by atoms with Crippen LogP contribution in [0.1, 0.15) is 18.9 Å². The fourth-order valence-corrected chi connectivity index (χ4v) is 0.891. The molecule has 0 aliphatic heterocycles. The highest BCUT2D eigenvalue weighted by Gasteiger charge is 1.95. The number of hydrogen-bond acceptors (Lipinski definition) is 3. The van der Waals surface area contributed by atoms with E-state index in [0.29, 0.717) is 0 Å². The molecule has 3 heteroatoms. The molecule has 0 unspecified atom stereocenters. The van der Waals surface area contributed by atoms with Crippen molar-refractivity contribution in [3.8, 4) is 0 Å². The van der Waals surface area contributed by atoms with E-state index in [-0.39, 0.29) is 0 Å². The summed E-state index contributed by atoms with van der Waals surface area (Å²) in [5, 5.41) is 11.0. The zero-order valence-electron chi connectivity index (χ0n) is 8.17. The van der Waals surface area contributed by atoms with Crippen LogP contribution in [0.15, 0.2) is 24.4 Å². The molecule has 1 heterocycles. The minimum absolute atomic E-state index is 0.772. The van der Waals surface area contributed by atoms with E-state index in [2.05, 4.69) is 29.0 Å². The van der Waals surface area contributed by atoms with Gasteiger partial charge in [0.1, 0.15) is 5.82 Å². The Morgan fingerprint density at radius 2 is 2.38 bits per heavy atom. The van der Waals surface area contributed by atoms with E-state index in [1.165, 1.54) is 5.57 Å².